The number of ether oxygens (including phenoxy) is 2. The summed E-state index contributed by atoms with van der Waals surface area (Å²) < 4.78 is 10.5. The summed E-state index contributed by atoms with van der Waals surface area (Å²) in [5.74, 6) is 3.17. The summed E-state index contributed by atoms with van der Waals surface area (Å²) in [4.78, 5) is 0. The smallest absolute Gasteiger partial charge is 0.188 e. The molecule has 0 heterocycles. The van der Waals surface area contributed by atoms with E-state index in [4.69, 9.17) is 9.47 Å². The second-order valence-corrected chi connectivity index (χ2v) is 8.07. The molecule has 0 radical (unpaired) electrons. The minimum atomic E-state index is 0.179. The van der Waals surface area contributed by atoms with Gasteiger partial charge in [-0.1, -0.05) is 13.3 Å². The summed E-state index contributed by atoms with van der Waals surface area (Å²) in [6, 6.07) is 4.02. The molecule has 2 fully saturated rings. The predicted octanol–water partition coefficient (Wildman–Crippen LogP) is 4.62. The molecule has 3 heteroatoms. The highest BCUT2D eigenvalue weighted by Gasteiger charge is 2.50. The molecule has 1 aromatic carbocycles. The van der Waals surface area contributed by atoms with Crippen LogP contribution in [-0.4, -0.2) is 19.0 Å². The molecule has 3 aliphatic rings. The Balaban J connectivity index is 1.64. The molecule has 0 spiro atoms. The number of methoxy groups -OCH3 is 1. The molecule has 1 N–H and O–H groups in total. The highest BCUT2D eigenvalue weighted by atomic mass is 16.7. The van der Waals surface area contributed by atoms with Gasteiger partial charge in [0.05, 0.1) is 0 Å². The number of aryl methyl sites for hydroxylation is 1. The lowest BCUT2D eigenvalue weighted by Gasteiger charge is -2.49. The maximum atomic E-state index is 10.3. The van der Waals surface area contributed by atoms with E-state index in [-0.39, 0.29) is 12.5 Å². The first-order valence-electron chi connectivity index (χ1n) is 9.10. The minimum absolute atomic E-state index is 0.179. The standard InChI is InChI=1S/C20H28O3/c1-20-8-3-4-17(20)15-6-5-13-10-19(23-12-22-2)18(21)11-16(13)14(15)7-9-20/h10-11,14-15,17,21H,3-9,12H2,1-2H3/t14?,15?,17?,20-/m0/s1. The van der Waals surface area contributed by atoms with Gasteiger partial charge in [0.25, 0.3) is 0 Å². The largest absolute Gasteiger partial charge is 0.504 e. The van der Waals surface area contributed by atoms with E-state index < -0.39 is 0 Å². The predicted molar refractivity (Wildman–Crippen MR) is 89.8 cm³/mol. The van der Waals surface area contributed by atoms with Gasteiger partial charge < -0.3 is 14.6 Å². The molecule has 0 saturated heterocycles. The van der Waals surface area contributed by atoms with Crippen LogP contribution in [0.1, 0.15) is 62.5 Å². The highest BCUT2D eigenvalue weighted by molar-refractivity contribution is 5.49. The van der Waals surface area contributed by atoms with Crippen molar-refractivity contribution in [2.45, 2.75) is 57.8 Å². The Morgan fingerprint density at radius 1 is 1.22 bits per heavy atom. The van der Waals surface area contributed by atoms with Crippen LogP contribution >= 0.6 is 0 Å². The monoisotopic (exact) mass is 316 g/mol. The SMILES string of the molecule is COCOc1cc2c(cc1O)C1CC[C@]3(C)CCCC3C1CC2. The summed E-state index contributed by atoms with van der Waals surface area (Å²) in [7, 11) is 1.60. The Morgan fingerprint density at radius 3 is 2.91 bits per heavy atom. The molecule has 23 heavy (non-hydrogen) atoms. The number of benzene rings is 1. The van der Waals surface area contributed by atoms with Gasteiger partial charge in [-0.25, -0.2) is 0 Å². The Kier molecular flexibility index (Phi) is 3.79. The lowest BCUT2D eigenvalue weighted by molar-refractivity contribution is 0.0482. The van der Waals surface area contributed by atoms with E-state index in [1.807, 2.05) is 12.1 Å². The van der Waals surface area contributed by atoms with Gasteiger partial charge in [-0.2, -0.15) is 0 Å². The average molecular weight is 316 g/mol. The Hall–Kier alpha value is -1.22. The van der Waals surface area contributed by atoms with Crippen LogP contribution in [0.2, 0.25) is 0 Å². The maximum absolute atomic E-state index is 10.3. The molecule has 3 nitrogen and oxygen atoms in total. The summed E-state index contributed by atoms with van der Waals surface area (Å²) in [6.45, 7) is 2.70. The zero-order valence-corrected chi connectivity index (χ0v) is 14.3. The van der Waals surface area contributed by atoms with Gasteiger partial charge in [0.2, 0.25) is 0 Å². The summed E-state index contributed by atoms with van der Waals surface area (Å²) in [5.41, 5.74) is 3.34. The lowest BCUT2D eigenvalue weighted by atomic mass is 9.56. The number of hydrogen-bond donors (Lipinski definition) is 1. The summed E-state index contributed by atoms with van der Waals surface area (Å²) in [6.07, 6.45) is 9.28. The molecule has 2 saturated carbocycles. The minimum Gasteiger partial charge on any atom is -0.504 e. The van der Waals surface area contributed by atoms with Gasteiger partial charge in [0, 0.05) is 7.11 Å². The highest BCUT2D eigenvalue weighted by Crippen LogP contribution is 2.61. The van der Waals surface area contributed by atoms with Crippen LogP contribution in [0.4, 0.5) is 0 Å². The molecule has 3 aliphatic carbocycles. The number of fused-ring (bicyclic) bond motifs is 5. The van der Waals surface area contributed by atoms with Crippen molar-refractivity contribution in [1.29, 1.82) is 0 Å². The normalized spacial score (nSPS) is 35.3. The van der Waals surface area contributed by atoms with E-state index in [9.17, 15) is 5.11 Å². The van der Waals surface area contributed by atoms with Gasteiger partial charge in [0.15, 0.2) is 18.3 Å². The van der Waals surface area contributed by atoms with Crippen molar-refractivity contribution in [3.05, 3.63) is 23.3 Å². The quantitative estimate of drug-likeness (QED) is 0.827. The van der Waals surface area contributed by atoms with E-state index in [0.717, 1.165) is 18.3 Å². The molecule has 4 atom stereocenters. The van der Waals surface area contributed by atoms with Crippen molar-refractivity contribution in [2.24, 2.45) is 17.3 Å². The van der Waals surface area contributed by atoms with E-state index in [0.29, 0.717) is 17.1 Å². The number of phenols is 1. The van der Waals surface area contributed by atoms with Crippen molar-refractivity contribution in [3.8, 4) is 11.5 Å². The van der Waals surface area contributed by atoms with Gasteiger partial charge in [0.1, 0.15) is 0 Å². The third-order valence-electron chi connectivity index (χ3n) is 6.92. The van der Waals surface area contributed by atoms with E-state index in [1.165, 1.54) is 49.7 Å². The molecule has 0 aliphatic heterocycles. The van der Waals surface area contributed by atoms with Crippen LogP contribution in [0.3, 0.4) is 0 Å². The fourth-order valence-electron chi connectivity index (χ4n) is 5.82. The first-order chi connectivity index (χ1) is 11.1. The lowest BCUT2D eigenvalue weighted by Crippen LogP contribution is -2.39. The molecule has 126 valence electrons. The van der Waals surface area contributed by atoms with Crippen LogP contribution in [0.25, 0.3) is 0 Å². The van der Waals surface area contributed by atoms with Gasteiger partial charge in [-0.05, 0) is 85.0 Å². The average Bonchev–Trinajstić information content (AvgIpc) is 2.94. The van der Waals surface area contributed by atoms with Crippen molar-refractivity contribution >= 4 is 0 Å². The third-order valence-corrected chi connectivity index (χ3v) is 6.92. The van der Waals surface area contributed by atoms with Crippen LogP contribution < -0.4 is 4.74 Å². The number of hydrogen-bond acceptors (Lipinski definition) is 3. The fourth-order valence-corrected chi connectivity index (χ4v) is 5.82. The molecular formula is C20H28O3. The summed E-state index contributed by atoms with van der Waals surface area (Å²) in [5, 5.41) is 10.3. The molecular weight excluding hydrogens is 288 g/mol. The zero-order valence-electron chi connectivity index (χ0n) is 14.3. The molecule has 0 aromatic heterocycles. The van der Waals surface area contributed by atoms with E-state index in [2.05, 4.69) is 6.92 Å². The van der Waals surface area contributed by atoms with Crippen molar-refractivity contribution < 1.29 is 14.6 Å². The first kappa shape index (κ1) is 15.3. The van der Waals surface area contributed by atoms with Crippen molar-refractivity contribution in [2.75, 3.05) is 13.9 Å². The van der Waals surface area contributed by atoms with Crippen LogP contribution in [-0.2, 0) is 11.2 Å². The first-order valence-corrected chi connectivity index (χ1v) is 9.10. The molecule has 1 aromatic rings. The van der Waals surface area contributed by atoms with Crippen molar-refractivity contribution in [3.63, 3.8) is 0 Å². The third kappa shape index (κ3) is 2.44. The molecule has 0 bridgehead atoms. The number of aromatic hydroxyl groups is 1. The topological polar surface area (TPSA) is 38.7 Å². The van der Waals surface area contributed by atoms with E-state index in [1.54, 1.807) is 7.11 Å². The molecule has 3 unspecified atom stereocenters. The second-order valence-electron chi connectivity index (χ2n) is 8.07. The van der Waals surface area contributed by atoms with Crippen LogP contribution in [0.15, 0.2) is 12.1 Å². The Bertz CT molecular complexity index is 597. The zero-order chi connectivity index (χ0) is 16.0. The van der Waals surface area contributed by atoms with Crippen LogP contribution in [0, 0.1) is 17.3 Å². The van der Waals surface area contributed by atoms with E-state index >= 15 is 0 Å². The Labute approximate surface area is 139 Å². The van der Waals surface area contributed by atoms with Gasteiger partial charge >= 0.3 is 0 Å². The fraction of sp³-hybridized carbons (Fsp3) is 0.700. The summed E-state index contributed by atoms with van der Waals surface area (Å²) >= 11 is 0. The molecule has 0 amide bonds. The Morgan fingerprint density at radius 2 is 2.09 bits per heavy atom. The maximum Gasteiger partial charge on any atom is 0.188 e. The number of rotatable bonds is 3. The molecule has 4 rings (SSSR count). The second kappa shape index (κ2) is 5.70. The van der Waals surface area contributed by atoms with Gasteiger partial charge in [-0.3, -0.25) is 0 Å². The van der Waals surface area contributed by atoms with Crippen molar-refractivity contribution in [1.82, 2.24) is 0 Å². The van der Waals surface area contributed by atoms with Gasteiger partial charge in [-0.15, -0.1) is 0 Å². The van der Waals surface area contributed by atoms with Crippen LogP contribution in [0.5, 0.6) is 11.5 Å². The number of phenolic OH excluding ortho intramolecular Hbond substituents is 1.